The van der Waals surface area contributed by atoms with E-state index in [4.69, 9.17) is 0 Å². The van der Waals surface area contributed by atoms with E-state index in [1.54, 1.807) is 5.57 Å². The first-order chi connectivity index (χ1) is 6.65. The lowest BCUT2D eigenvalue weighted by atomic mass is 9.74. The molecule has 0 saturated carbocycles. The molecule has 0 aliphatic heterocycles. The van der Waals surface area contributed by atoms with Crippen LogP contribution in [0.25, 0.3) is 0 Å². The van der Waals surface area contributed by atoms with Crippen LogP contribution >= 0.6 is 0 Å². The minimum absolute atomic E-state index is 0.824. The second-order valence-corrected chi connectivity index (χ2v) is 4.54. The van der Waals surface area contributed by atoms with Crippen molar-refractivity contribution in [2.45, 2.75) is 60.8 Å². The maximum atomic E-state index is 2.52. The van der Waals surface area contributed by atoms with Crippen LogP contribution in [0.5, 0.6) is 0 Å². The van der Waals surface area contributed by atoms with Crippen molar-refractivity contribution in [3.05, 3.63) is 11.6 Å². The van der Waals surface area contributed by atoms with E-state index in [0.29, 0.717) is 0 Å². The zero-order valence-electron chi connectivity index (χ0n) is 10.9. The average molecular weight is 196 g/mol. The molecule has 0 bridgehead atoms. The summed E-state index contributed by atoms with van der Waals surface area (Å²) in [7, 11) is 0. The number of hydrogen-bond donors (Lipinski definition) is 0. The molecule has 0 saturated heterocycles. The van der Waals surface area contributed by atoms with E-state index < -0.39 is 0 Å². The summed E-state index contributed by atoms with van der Waals surface area (Å²) < 4.78 is 0. The van der Waals surface area contributed by atoms with Gasteiger partial charge in [0.1, 0.15) is 0 Å². The topological polar surface area (TPSA) is 0 Å². The lowest BCUT2D eigenvalue weighted by Crippen LogP contribution is -2.21. The van der Waals surface area contributed by atoms with Crippen LogP contribution in [0.4, 0.5) is 0 Å². The molecule has 0 spiro atoms. The van der Waals surface area contributed by atoms with E-state index in [9.17, 15) is 0 Å². The molecule has 0 nitrogen and oxygen atoms in total. The maximum absolute atomic E-state index is 2.52. The Morgan fingerprint density at radius 1 is 1.36 bits per heavy atom. The highest BCUT2D eigenvalue weighted by Crippen LogP contribution is 2.35. The minimum atomic E-state index is 0.824. The van der Waals surface area contributed by atoms with Crippen LogP contribution in [0.1, 0.15) is 60.8 Å². The molecule has 1 aliphatic rings. The molecule has 84 valence electrons. The van der Waals surface area contributed by atoms with Gasteiger partial charge >= 0.3 is 0 Å². The maximum Gasteiger partial charge on any atom is -0.0179 e. The molecular weight excluding hydrogens is 168 g/mol. The van der Waals surface area contributed by atoms with Gasteiger partial charge in [0.15, 0.2) is 0 Å². The van der Waals surface area contributed by atoms with Crippen molar-refractivity contribution in [2.75, 3.05) is 0 Å². The van der Waals surface area contributed by atoms with Crippen molar-refractivity contribution < 1.29 is 0 Å². The zero-order chi connectivity index (χ0) is 11.1. The predicted molar refractivity (Wildman–Crippen MR) is 66.4 cm³/mol. The van der Waals surface area contributed by atoms with Gasteiger partial charge in [0.2, 0.25) is 0 Å². The number of allylic oxidation sites excluding steroid dienone is 2. The Hall–Kier alpha value is -0.260. The summed E-state index contributed by atoms with van der Waals surface area (Å²) >= 11 is 0. The summed E-state index contributed by atoms with van der Waals surface area (Å²) in [6.45, 7) is 13.3. The third-order valence-corrected chi connectivity index (χ3v) is 3.22. The van der Waals surface area contributed by atoms with Crippen LogP contribution < -0.4 is 0 Å². The van der Waals surface area contributed by atoms with Crippen molar-refractivity contribution in [3.8, 4) is 0 Å². The average Bonchev–Trinajstić information content (AvgIpc) is 2.20. The smallest absolute Gasteiger partial charge is 0.0179 e. The summed E-state index contributed by atoms with van der Waals surface area (Å²) in [5, 5.41) is 0. The fraction of sp³-hybridized carbons (Fsp3) is 0.857. The molecule has 0 aromatic carbocycles. The highest BCUT2D eigenvalue weighted by molar-refractivity contribution is 5.07. The van der Waals surface area contributed by atoms with Crippen LogP contribution in [0.15, 0.2) is 11.6 Å². The van der Waals surface area contributed by atoms with Crippen LogP contribution in [0.2, 0.25) is 0 Å². The molecule has 1 rings (SSSR count). The SMILES string of the molecule is CC.CCC1CCC(C)=CC1C(C)C. The molecule has 0 N–H and O–H groups in total. The third kappa shape index (κ3) is 3.86. The first-order valence-corrected chi connectivity index (χ1v) is 6.32. The minimum Gasteiger partial charge on any atom is -0.0820 e. The van der Waals surface area contributed by atoms with Gasteiger partial charge in [-0.05, 0) is 37.5 Å². The Labute approximate surface area is 90.8 Å². The normalized spacial score (nSPS) is 26.6. The van der Waals surface area contributed by atoms with Gasteiger partial charge in [-0.2, -0.15) is 0 Å². The third-order valence-electron chi connectivity index (χ3n) is 3.22. The first kappa shape index (κ1) is 13.7. The molecule has 0 amide bonds. The monoisotopic (exact) mass is 196 g/mol. The highest BCUT2D eigenvalue weighted by Gasteiger charge is 2.24. The Kier molecular flexibility index (Phi) is 6.96. The van der Waals surface area contributed by atoms with Crippen LogP contribution in [-0.2, 0) is 0 Å². The fourth-order valence-corrected chi connectivity index (χ4v) is 2.37. The van der Waals surface area contributed by atoms with Crippen LogP contribution in [0, 0.1) is 17.8 Å². The van der Waals surface area contributed by atoms with Gasteiger partial charge in [-0.15, -0.1) is 0 Å². The molecule has 1 aliphatic carbocycles. The summed E-state index contributed by atoms with van der Waals surface area (Å²) in [4.78, 5) is 0. The largest absolute Gasteiger partial charge is 0.0820 e. The van der Waals surface area contributed by atoms with Crippen LogP contribution in [0.3, 0.4) is 0 Å². The molecule has 0 fully saturated rings. The fourth-order valence-electron chi connectivity index (χ4n) is 2.37. The Morgan fingerprint density at radius 3 is 2.36 bits per heavy atom. The zero-order valence-corrected chi connectivity index (χ0v) is 10.9. The van der Waals surface area contributed by atoms with E-state index in [2.05, 4.69) is 33.8 Å². The molecule has 2 atom stereocenters. The van der Waals surface area contributed by atoms with E-state index in [-0.39, 0.29) is 0 Å². The summed E-state index contributed by atoms with van der Waals surface area (Å²) in [6.07, 6.45) is 6.62. The second-order valence-electron chi connectivity index (χ2n) is 4.54. The van der Waals surface area contributed by atoms with Crippen molar-refractivity contribution in [2.24, 2.45) is 17.8 Å². The predicted octanol–water partition coefficient (Wildman–Crippen LogP) is 5.05. The Morgan fingerprint density at radius 2 is 1.93 bits per heavy atom. The summed E-state index contributed by atoms with van der Waals surface area (Å²) in [5.41, 5.74) is 1.61. The van der Waals surface area contributed by atoms with Gasteiger partial charge in [0.25, 0.3) is 0 Å². The number of hydrogen-bond acceptors (Lipinski definition) is 0. The van der Waals surface area contributed by atoms with Gasteiger partial charge in [-0.1, -0.05) is 52.7 Å². The summed E-state index contributed by atoms with van der Waals surface area (Å²) in [5.74, 6) is 2.63. The van der Waals surface area contributed by atoms with Crippen molar-refractivity contribution >= 4 is 0 Å². The van der Waals surface area contributed by atoms with Gasteiger partial charge in [0, 0.05) is 0 Å². The van der Waals surface area contributed by atoms with Crippen molar-refractivity contribution in [3.63, 3.8) is 0 Å². The quantitative estimate of drug-likeness (QED) is 0.542. The van der Waals surface area contributed by atoms with Crippen molar-refractivity contribution in [1.82, 2.24) is 0 Å². The molecule has 14 heavy (non-hydrogen) atoms. The molecule has 0 aromatic heterocycles. The molecule has 2 unspecified atom stereocenters. The van der Waals surface area contributed by atoms with E-state index in [0.717, 1.165) is 17.8 Å². The van der Waals surface area contributed by atoms with Gasteiger partial charge in [-0.25, -0.2) is 0 Å². The first-order valence-electron chi connectivity index (χ1n) is 6.32. The van der Waals surface area contributed by atoms with Gasteiger partial charge in [-0.3, -0.25) is 0 Å². The van der Waals surface area contributed by atoms with E-state index in [1.165, 1.54) is 19.3 Å². The molecule has 0 aromatic rings. The molecule has 0 heterocycles. The Bertz CT molecular complexity index is 165. The lowest BCUT2D eigenvalue weighted by Gasteiger charge is -2.31. The summed E-state index contributed by atoms with van der Waals surface area (Å²) in [6, 6.07) is 0. The molecular formula is C14H28. The van der Waals surface area contributed by atoms with Gasteiger partial charge in [0.05, 0.1) is 0 Å². The number of rotatable bonds is 2. The Balaban J connectivity index is 0.000000791. The van der Waals surface area contributed by atoms with Crippen molar-refractivity contribution in [1.29, 1.82) is 0 Å². The second kappa shape index (κ2) is 7.09. The van der Waals surface area contributed by atoms with E-state index >= 15 is 0 Å². The molecule has 0 heteroatoms. The lowest BCUT2D eigenvalue weighted by molar-refractivity contribution is 0.272. The molecule has 0 radical (unpaired) electrons. The standard InChI is InChI=1S/C12H22.C2H6/c1-5-11-7-6-10(4)8-12(11)9(2)3;1-2/h8-9,11-12H,5-7H2,1-4H3;1-2H3. The van der Waals surface area contributed by atoms with Gasteiger partial charge < -0.3 is 0 Å². The van der Waals surface area contributed by atoms with E-state index in [1.807, 2.05) is 13.8 Å². The highest BCUT2D eigenvalue weighted by atomic mass is 14.3. The van der Waals surface area contributed by atoms with Crippen LogP contribution in [-0.4, -0.2) is 0 Å².